The Kier molecular flexibility index (Phi) is 5.40. The number of benzene rings is 2. The number of amides is 2. The van der Waals surface area contributed by atoms with E-state index in [1.165, 1.54) is 18.2 Å². The molecule has 1 unspecified atom stereocenters. The van der Waals surface area contributed by atoms with Gasteiger partial charge < -0.3 is 15.4 Å². The summed E-state index contributed by atoms with van der Waals surface area (Å²) in [7, 11) is 0. The molecule has 2 aromatic carbocycles. The highest BCUT2D eigenvalue weighted by Crippen LogP contribution is 2.15. The maximum absolute atomic E-state index is 13.7. The average Bonchev–Trinajstić information content (AvgIpc) is 3.14. The van der Waals surface area contributed by atoms with E-state index in [4.69, 9.17) is 4.74 Å². The molecule has 1 aliphatic heterocycles. The maximum atomic E-state index is 13.7. The number of nitrogens with one attached hydrogen (secondary N) is 2. The van der Waals surface area contributed by atoms with Crippen LogP contribution in [0, 0.1) is 5.82 Å². The van der Waals surface area contributed by atoms with Crippen molar-refractivity contribution in [2.45, 2.75) is 18.9 Å². The number of ether oxygens (including phenoxy) is 1. The van der Waals surface area contributed by atoms with Gasteiger partial charge in [0.15, 0.2) is 0 Å². The van der Waals surface area contributed by atoms with Crippen LogP contribution in [0.3, 0.4) is 0 Å². The molecule has 2 aromatic rings. The lowest BCUT2D eigenvalue weighted by molar-refractivity contribution is 0.0857. The van der Waals surface area contributed by atoms with Gasteiger partial charge in [-0.3, -0.25) is 9.59 Å². The van der Waals surface area contributed by atoms with E-state index < -0.39 is 11.7 Å². The first-order valence-electron chi connectivity index (χ1n) is 8.19. The van der Waals surface area contributed by atoms with E-state index in [0.717, 1.165) is 19.4 Å². The molecule has 0 aromatic heterocycles. The quantitative estimate of drug-likeness (QED) is 0.878. The predicted octanol–water partition coefficient (Wildman–Crippen LogP) is 2.99. The van der Waals surface area contributed by atoms with Crippen LogP contribution in [0.4, 0.5) is 10.1 Å². The van der Waals surface area contributed by atoms with Crippen molar-refractivity contribution < 1.29 is 18.7 Å². The van der Waals surface area contributed by atoms with Gasteiger partial charge in [0.25, 0.3) is 11.8 Å². The molecule has 0 radical (unpaired) electrons. The van der Waals surface area contributed by atoms with Gasteiger partial charge in [0.05, 0.1) is 11.7 Å². The Morgan fingerprint density at radius 3 is 2.72 bits per heavy atom. The lowest BCUT2D eigenvalue weighted by Gasteiger charge is -2.12. The summed E-state index contributed by atoms with van der Waals surface area (Å²) in [6, 6.07) is 12.3. The number of anilines is 1. The van der Waals surface area contributed by atoms with Gasteiger partial charge in [-0.05, 0) is 43.2 Å². The van der Waals surface area contributed by atoms with Crippen LogP contribution in [0.1, 0.15) is 33.6 Å². The number of carbonyl (C=O) groups excluding carboxylic acids is 2. The highest BCUT2D eigenvalue weighted by Gasteiger charge is 2.17. The molecule has 25 heavy (non-hydrogen) atoms. The van der Waals surface area contributed by atoms with Crippen molar-refractivity contribution in [2.75, 3.05) is 18.5 Å². The maximum Gasteiger partial charge on any atom is 0.258 e. The minimum Gasteiger partial charge on any atom is -0.376 e. The summed E-state index contributed by atoms with van der Waals surface area (Å²) in [6.07, 6.45) is 2.02. The molecule has 2 N–H and O–H groups in total. The summed E-state index contributed by atoms with van der Waals surface area (Å²) >= 11 is 0. The van der Waals surface area contributed by atoms with Crippen LogP contribution in [-0.2, 0) is 4.74 Å². The van der Waals surface area contributed by atoms with Crippen LogP contribution in [-0.4, -0.2) is 31.1 Å². The second kappa shape index (κ2) is 7.90. The zero-order chi connectivity index (χ0) is 17.6. The molecule has 5 nitrogen and oxygen atoms in total. The third-order valence-electron chi connectivity index (χ3n) is 4.02. The topological polar surface area (TPSA) is 67.4 Å². The first-order valence-corrected chi connectivity index (χ1v) is 8.19. The van der Waals surface area contributed by atoms with E-state index in [1.54, 1.807) is 30.3 Å². The van der Waals surface area contributed by atoms with Crippen LogP contribution in [0.15, 0.2) is 48.5 Å². The molecular weight excluding hydrogens is 323 g/mol. The van der Waals surface area contributed by atoms with Crippen LogP contribution >= 0.6 is 0 Å². The van der Waals surface area contributed by atoms with Crippen molar-refractivity contribution in [3.63, 3.8) is 0 Å². The van der Waals surface area contributed by atoms with Crippen molar-refractivity contribution in [1.29, 1.82) is 0 Å². The van der Waals surface area contributed by atoms with Gasteiger partial charge in [-0.2, -0.15) is 0 Å². The van der Waals surface area contributed by atoms with Gasteiger partial charge in [0, 0.05) is 24.4 Å². The number of hydrogen-bond donors (Lipinski definition) is 2. The summed E-state index contributed by atoms with van der Waals surface area (Å²) in [5, 5.41) is 5.43. The third kappa shape index (κ3) is 4.42. The molecule has 130 valence electrons. The molecule has 1 saturated heterocycles. The van der Waals surface area contributed by atoms with Gasteiger partial charge in [0.1, 0.15) is 5.82 Å². The lowest BCUT2D eigenvalue weighted by Crippen LogP contribution is -2.31. The monoisotopic (exact) mass is 342 g/mol. The number of halogens is 1. The lowest BCUT2D eigenvalue weighted by atomic mass is 10.1. The largest absolute Gasteiger partial charge is 0.376 e. The summed E-state index contributed by atoms with van der Waals surface area (Å²) < 4.78 is 19.1. The van der Waals surface area contributed by atoms with Crippen molar-refractivity contribution in [3.8, 4) is 0 Å². The predicted molar refractivity (Wildman–Crippen MR) is 92.1 cm³/mol. The molecule has 0 saturated carbocycles. The Morgan fingerprint density at radius 1 is 1.12 bits per heavy atom. The molecule has 1 aliphatic rings. The molecule has 0 bridgehead atoms. The van der Waals surface area contributed by atoms with E-state index in [-0.39, 0.29) is 17.6 Å². The molecule has 3 rings (SSSR count). The number of carbonyl (C=O) groups is 2. The van der Waals surface area contributed by atoms with Crippen molar-refractivity contribution in [1.82, 2.24) is 5.32 Å². The van der Waals surface area contributed by atoms with E-state index in [2.05, 4.69) is 10.6 Å². The van der Waals surface area contributed by atoms with E-state index in [1.807, 2.05) is 0 Å². The normalized spacial score (nSPS) is 16.4. The van der Waals surface area contributed by atoms with Crippen molar-refractivity contribution in [2.24, 2.45) is 0 Å². The molecule has 0 spiro atoms. The summed E-state index contributed by atoms with van der Waals surface area (Å²) in [4.78, 5) is 24.4. The van der Waals surface area contributed by atoms with Gasteiger partial charge in [-0.25, -0.2) is 4.39 Å². The van der Waals surface area contributed by atoms with E-state index in [0.29, 0.717) is 17.8 Å². The Bertz CT molecular complexity index is 773. The Labute approximate surface area is 145 Å². The summed E-state index contributed by atoms with van der Waals surface area (Å²) in [5.74, 6) is -1.39. The van der Waals surface area contributed by atoms with Gasteiger partial charge in [-0.1, -0.05) is 18.2 Å². The molecule has 2 amide bonds. The first kappa shape index (κ1) is 17.1. The van der Waals surface area contributed by atoms with E-state index >= 15 is 0 Å². The fourth-order valence-corrected chi connectivity index (χ4v) is 2.70. The minimum absolute atomic E-state index is 0.0456. The van der Waals surface area contributed by atoms with Crippen LogP contribution < -0.4 is 10.6 Å². The van der Waals surface area contributed by atoms with Gasteiger partial charge >= 0.3 is 0 Å². The Balaban J connectivity index is 1.63. The van der Waals surface area contributed by atoms with Crippen LogP contribution in [0.25, 0.3) is 0 Å². The van der Waals surface area contributed by atoms with Crippen LogP contribution in [0.2, 0.25) is 0 Å². The van der Waals surface area contributed by atoms with E-state index in [9.17, 15) is 14.0 Å². The van der Waals surface area contributed by atoms with Crippen molar-refractivity contribution >= 4 is 17.5 Å². The summed E-state index contributed by atoms with van der Waals surface area (Å²) in [5.41, 5.74) is 0.804. The Hall–Kier alpha value is -2.73. The molecular formula is C19H19FN2O3. The Morgan fingerprint density at radius 2 is 1.96 bits per heavy atom. The number of rotatable bonds is 5. The molecule has 6 heteroatoms. The highest BCUT2D eigenvalue weighted by molar-refractivity contribution is 6.05. The van der Waals surface area contributed by atoms with Gasteiger partial charge in [-0.15, -0.1) is 0 Å². The molecule has 1 atom stereocenters. The van der Waals surface area contributed by atoms with Crippen LogP contribution in [0.5, 0.6) is 0 Å². The average molecular weight is 342 g/mol. The van der Waals surface area contributed by atoms with Gasteiger partial charge in [0.2, 0.25) is 0 Å². The molecule has 0 aliphatic carbocycles. The summed E-state index contributed by atoms with van der Waals surface area (Å²) in [6.45, 7) is 1.20. The first-order chi connectivity index (χ1) is 12.1. The SMILES string of the molecule is O=C(NCC1CCCO1)c1cccc(NC(=O)c2ccccc2F)c1. The fourth-order valence-electron chi connectivity index (χ4n) is 2.70. The minimum atomic E-state index is -0.592. The fraction of sp³-hybridized carbons (Fsp3) is 0.263. The van der Waals surface area contributed by atoms with Crippen molar-refractivity contribution in [3.05, 3.63) is 65.5 Å². The zero-order valence-electron chi connectivity index (χ0n) is 13.6. The zero-order valence-corrected chi connectivity index (χ0v) is 13.6. The second-order valence-corrected chi connectivity index (χ2v) is 5.86. The molecule has 1 heterocycles. The second-order valence-electron chi connectivity index (χ2n) is 5.86. The number of hydrogen-bond acceptors (Lipinski definition) is 3. The highest BCUT2D eigenvalue weighted by atomic mass is 19.1. The standard InChI is InChI=1S/C19H19FN2O3/c20-17-9-2-1-8-16(17)19(24)22-14-6-3-5-13(11-14)18(23)21-12-15-7-4-10-25-15/h1-3,5-6,8-9,11,15H,4,7,10,12H2,(H,21,23)(H,22,24). The molecule has 1 fully saturated rings. The smallest absolute Gasteiger partial charge is 0.258 e. The third-order valence-corrected chi connectivity index (χ3v) is 4.02.